The van der Waals surface area contributed by atoms with Crippen LogP contribution in [0.25, 0.3) is 0 Å². The maximum Gasteiger partial charge on any atom is 0.102 e. The molecule has 0 bridgehead atoms. The lowest BCUT2D eigenvalue weighted by Crippen LogP contribution is -2.56. The first-order valence-corrected chi connectivity index (χ1v) is 5.72. The van der Waals surface area contributed by atoms with Gasteiger partial charge in [0.25, 0.3) is 0 Å². The quantitative estimate of drug-likeness (QED) is 0.737. The van der Waals surface area contributed by atoms with Crippen LogP contribution in [0.1, 0.15) is 11.6 Å². The molecule has 0 radical (unpaired) electrons. The SMILES string of the molecule is N#Cc1cnn(C2CN(C3COCC3O)C2)c1. The van der Waals surface area contributed by atoms with E-state index in [1.54, 1.807) is 12.4 Å². The standard InChI is InChI=1S/C11H14N4O2/c12-1-8-2-13-15(3-8)9-4-14(5-9)10-6-17-7-11(10)16/h2-3,9-11,16H,4-7H2. The molecule has 6 heteroatoms. The number of aromatic nitrogens is 2. The Labute approximate surface area is 99.0 Å². The summed E-state index contributed by atoms with van der Waals surface area (Å²) < 4.78 is 7.06. The lowest BCUT2D eigenvalue weighted by molar-refractivity contribution is 0.00746. The van der Waals surface area contributed by atoms with Gasteiger partial charge in [-0.3, -0.25) is 9.58 Å². The molecule has 0 spiro atoms. The van der Waals surface area contributed by atoms with Crippen LogP contribution in [0.5, 0.6) is 0 Å². The zero-order chi connectivity index (χ0) is 11.8. The molecule has 1 N–H and O–H groups in total. The van der Waals surface area contributed by atoms with E-state index in [0.717, 1.165) is 13.1 Å². The minimum Gasteiger partial charge on any atom is -0.389 e. The van der Waals surface area contributed by atoms with E-state index in [1.165, 1.54) is 0 Å². The normalized spacial score (nSPS) is 30.1. The number of hydrogen-bond donors (Lipinski definition) is 1. The van der Waals surface area contributed by atoms with Gasteiger partial charge >= 0.3 is 0 Å². The van der Waals surface area contributed by atoms with Gasteiger partial charge < -0.3 is 9.84 Å². The van der Waals surface area contributed by atoms with Crippen LogP contribution in [0.3, 0.4) is 0 Å². The molecular weight excluding hydrogens is 220 g/mol. The summed E-state index contributed by atoms with van der Waals surface area (Å²) in [6.45, 7) is 2.76. The molecule has 0 amide bonds. The molecule has 2 saturated heterocycles. The van der Waals surface area contributed by atoms with Crippen LogP contribution >= 0.6 is 0 Å². The molecule has 90 valence electrons. The third kappa shape index (κ3) is 1.82. The van der Waals surface area contributed by atoms with Gasteiger partial charge in [0.15, 0.2) is 0 Å². The first-order chi connectivity index (χ1) is 8.28. The van der Waals surface area contributed by atoms with Crippen molar-refractivity contribution in [3.05, 3.63) is 18.0 Å². The highest BCUT2D eigenvalue weighted by molar-refractivity contribution is 5.22. The fourth-order valence-electron chi connectivity index (χ4n) is 2.40. The third-order valence-electron chi connectivity index (χ3n) is 3.49. The summed E-state index contributed by atoms with van der Waals surface area (Å²) in [5.74, 6) is 0. The van der Waals surface area contributed by atoms with Crippen molar-refractivity contribution in [2.45, 2.75) is 18.2 Å². The number of likely N-dealkylation sites (tertiary alicyclic amines) is 1. The summed E-state index contributed by atoms with van der Waals surface area (Å²) >= 11 is 0. The van der Waals surface area contributed by atoms with E-state index >= 15 is 0 Å². The first-order valence-electron chi connectivity index (χ1n) is 5.72. The second-order valence-corrected chi connectivity index (χ2v) is 4.60. The second kappa shape index (κ2) is 4.11. The van der Waals surface area contributed by atoms with Crippen LogP contribution < -0.4 is 0 Å². The molecule has 0 aromatic carbocycles. The van der Waals surface area contributed by atoms with E-state index < -0.39 is 0 Å². The smallest absolute Gasteiger partial charge is 0.102 e. The Morgan fingerprint density at radius 2 is 2.29 bits per heavy atom. The van der Waals surface area contributed by atoms with Crippen molar-refractivity contribution in [1.82, 2.24) is 14.7 Å². The van der Waals surface area contributed by atoms with Crippen molar-refractivity contribution in [2.75, 3.05) is 26.3 Å². The number of nitriles is 1. The topological polar surface area (TPSA) is 74.3 Å². The Morgan fingerprint density at radius 1 is 1.47 bits per heavy atom. The number of hydrogen-bond acceptors (Lipinski definition) is 5. The average molecular weight is 234 g/mol. The van der Waals surface area contributed by atoms with Crippen LogP contribution in [0.15, 0.2) is 12.4 Å². The number of rotatable bonds is 2. The van der Waals surface area contributed by atoms with Crippen molar-refractivity contribution >= 4 is 0 Å². The molecule has 0 saturated carbocycles. The van der Waals surface area contributed by atoms with E-state index in [9.17, 15) is 5.11 Å². The summed E-state index contributed by atoms with van der Waals surface area (Å²) in [5.41, 5.74) is 0.590. The van der Waals surface area contributed by atoms with E-state index in [2.05, 4.69) is 16.1 Å². The summed E-state index contributed by atoms with van der Waals surface area (Å²) in [5, 5.41) is 22.6. The highest BCUT2D eigenvalue weighted by Gasteiger charge is 2.39. The Hall–Kier alpha value is -1.42. The predicted molar refractivity (Wildman–Crippen MR) is 58.2 cm³/mol. The maximum atomic E-state index is 9.69. The van der Waals surface area contributed by atoms with Gasteiger partial charge in [-0.2, -0.15) is 10.4 Å². The molecule has 3 heterocycles. The van der Waals surface area contributed by atoms with E-state index in [0.29, 0.717) is 24.8 Å². The summed E-state index contributed by atoms with van der Waals surface area (Å²) in [7, 11) is 0. The monoisotopic (exact) mass is 234 g/mol. The molecule has 2 aliphatic heterocycles. The Morgan fingerprint density at radius 3 is 2.88 bits per heavy atom. The molecule has 0 aliphatic carbocycles. The molecule has 2 aliphatic rings. The molecule has 17 heavy (non-hydrogen) atoms. The van der Waals surface area contributed by atoms with E-state index in [1.807, 2.05) is 4.68 Å². The van der Waals surface area contributed by atoms with Gasteiger partial charge in [0.05, 0.1) is 43.2 Å². The fourth-order valence-corrected chi connectivity index (χ4v) is 2.40. The second-order valence-electron chi connectivity index (χ2n) is 4.60. The van der Waals surface area contributed by atoms with Crippen molar-refractivity contribution in [3.8, 4) is 6.07 Å². The van der Waals surface area contributed by atoms with Gasteiger partial charge in [0.2, 0.25) is 0 Å². The van der Waals surface area contributed by atoms with Crippen molar-refractivity contribution in [3.63, 3.8) is 0 Å². The van der Waals surface area contributed by atoms with Crippen LogP contribution in [-0.4, -0.2) is 58.2 Å². The highest BCUT2D eigenvalue weighted by atomic mass is 16.5. The van der Waals surface area contributed by atoms with Crippen LogP contribution in [0, 0.1) is 11.3 Å². The Balaban J connectivity index is 1.59. The molecule has 2 unspecified atom stereocenters. The predicted octanol–water partition coefficient (Wildman–Crippen LogP) is -0.629. The Kier molecular flexibility index (Phi) is 2.59. The largest absolute Gasteiger partial charge is 0.389 e. The van der Waals surface area contributed by atoms with Crippen LogP contribution in [0.2, 0.25) is 0 Å². The first kappa shape index (κ1) is 10.7. The van der Waals surface area contributed by atoms with Gasteiger partial charge in [-0.25, -0.2) is 0 Å². The molecule has 6 nitrogen and oxygen atoms in total. The van der Waals surface area contributed by atoms with E-state index in [-0.39, 0.29) is 12.1 Å². The van der Waals surface area contributed by atoms with Crippen molar-refractivity contribution in [2.24, 2.45) is 0 Å². The van der Waals surface area contributed by atoms with Gasteiger partial charge in [0.1, 0.15) is 6.07 Å². The minimum atomic E-state index is -0.372. The highest BCUT2D eigenvalue weighted by Crippen LogP contribution is 2.26. The number of nitrogens with zero attached hydrogens (tertiary/aromatic N) is 4. The zero-order valence-electron chi connectivity index (χ0n) is 9.36. The molecular formula is C11H14N4O2. The fraction of sp³-hybridized carbons (Fsp3) is 0.636. The molecule has 3 rings (SSSR count). The van der Waals surface area contributed by atoms with Crippen LogP contribution in [-0.2, 0) is 4.74 Å². The molecule has 1 aromatic rings. The van der Waals surface area contributed by atoms with Crippen molar-refractivity contribution < 1.29 is 9.84 Å². The molecule has 1 aromatic heterocycles. The van der Waals surface area contributed by atoms with Crippen LogP contribution in [0.4, 0.5) is 0 Å². The number of ether oxygens (including phenoxy) is 1. The molecule has 2 fully saturated rings. The zero-order valence-corrected chi connectivity index (χ0v) is 9.36. The molecule has 2 atom stereocenters. The summed E-state index contributed by atoms with van der Waals surface area (Å²) in [4.78, 5) is 2.20. The average Bonchev–Trinajstić information content (AvgIpc) is 2.87. The summed E-state index contributed by atoms with van der Waals surface area (Å²) in [6.07, 6.45) is 2.97. The summed E-state index contributed by atoms with van der Waals surface area (Å²) in [6, 6.07) is 2.50. The Bertz CT molecular complexity index is 447. The van der Waals surface area contributed by atoms with Gasteiger partial charge in [-0.1, -0.05) is 0 Å². The van der Waals surface area contributed by atoms with Gasteiger partial charge in [-0.05, 0) is 0 Å². The number of aliphatic hydroxyl groups excluding tert-OH is 1. The van der Waals surface area contributed by atoms with E-state index in [4.69, 9.17) is 10.00 Å². The van der Waals surface area contributed by atoms with Gasteiger partial charge in [-0.15, -0.1) is 0 Å². The minimum absolute atomic E-state index is 0.122. The van der Waals surface area contributed by atoms with Gasteiger partial charge in [0, 0.05) is 19.3 Å². The lowest BCUT2D eigenvalue weighted by atomic mass is 10.0. The third-order valence-corrected chi connectivity index (χ3v) is 3.49. The maximum absolute atomic E-state index is 9.69. The lowest BCUT2D eigenvalue weighted by Gasteiger charge is -2.43. The number of aliphatic hydroxyl groups is 1. The van der Waals surface area contributed by atoms with Crippen molar-refractivity contribution in [1.29, 1.82) is 5.26 Å².